The third kappa shape index (κ3) is 6.93. The molecule has 0 heterocycles. The monoisotopic (exact) mass is 277 g/mol. The van der Waals surface area contributed by atoms with Crippen LogP contribution in [0.5, 0.6) is 0 Å². The first-order chi connectivity index (χ1) is 7.15. The number of rotatable bonds is 8. The Labute approximate surface area is 102 Å². The molecule has 1 amide bonds. The quantitative estimate of drug-likeness (QED) is 0.534. The van der Waals surface area contributed by atoms with E-state index in [9.17, 15) is 4.79 Å². The lowest BCUT2D eigenvalue weighted by molar-refractivity contribution is -0.122. The number of unbranched alkanes of at least 4 members (excludes halogenated alkanes) is 1. The average Bonchev–Trinajstić information content (AvgIpc) is 2.20. The van der Waals surface area contributed by atoms with Gasteiger partial charge >= 0.3 is 0 Å². The van der Waals surface area contributed by atoms with E-state index in [1.165, 1.54) is 0 Å². The van der Waals surface area contributed by atoms with Gasteiger partial charge in [-0.1, -0.05) is 42.6 Å². The lowest BCUT2D eigenvalue weighted by Gasteiger charge is -2.22. The Morgan fingerprint density at radius 3 is 2.33 bits per heavy atom. The van der Waals surface area contributed by atoms with Crippen LogP contribution in [0.15, 0.2) is 0 Å². The molecule has 90 valence electrons. The molecule has 15 heavy (non-hydrogen) atoms. The second kappa shape index (κ2) is 9.20. The van der Waals surface area contributed by atoms with Crippen LogP contribution in [0.3, 0.4) is 0 Å². The normalized spacial score (nSPS) is 12.9. The molecule has 1 unspecified atom stereocenters. The lowest BCUT2D eigenvalue weighted by atomic mass is 9.95. The van der Waals surface area contributed by atoms with E-state index in [2.05, 4.69) is 42.0 Å². The van der Waals surface area contributed by atoms with Crippen LogP contribution in [0.25, 0.3) is 0 Å². The van der Waals surface area contributed by atoms with Crippen LogP contribution in [-0.2, 0) is 4.79 Å². The Kier molecular flexibility index (Phi) is 9.17. The highest BCUT2D eigenvalue weighted by molar-refractivity contribution is 9.09. The zero-order valence-electron chi connectivity index (χ0n) is 10.2. The van der Waals surface area contributed by atoms with Gasteiger partial charge in [0.25, 0.3) is 0 Å². The molecular weight excluding hydrogens is 254 g/mol. The average molecular weight is 278 g/mol. The van der Waals surface area contributed by atoms with Crippen molar-refractivity contribution in [1.82, 2.24) is 5.32 Å². The molecule has 0 aliphatic heterocycles. The number of alkyl halides is 1. The Bertz CT molecular complexity index is 169. The van der Waals surface area contributed by atoms with Gasteiger partial charge in [-0.05, 0) is 25.7 Å². The van der Waals surface area contributed by atoms with E-state index < -0.39 is 0 Å². The van der Waals surface area contributed by atoms with Crippen LogP contribution in [0.4, 0.5) is 0 Å². The predicted octanol–water partition coefficient (Wildman–Crippen LogP) is 3.49. The number of carbonyl (C=O) groups excluding carboxylic acids is 1. The topological polar surface area (TPSA) is 29.1 Å². The van der Waals surface area contributed by atoms with Crippen molar-refractivity contribution in [3.8, 4) is 0 Å². The fourth-order valence-electron chi connectivity index (χ4n) is 1.82. The highest BCUT2D eigenvalue weighted by atomic mass is 79.9. The third-order valence-corrected chi connectivity index (χ3v) is 3.49. The standard InChI is InChI=1S/C12H24BrNO/c1-4-11(5-2)10(3)14-12(15)8-6-7-9-13/h10-11H,4-9H2,1-3H3,(H,14,15). The summed E-state index contributed by atoms with van der Waals surface area (Å²) >= 11 is 3.36. The van der Waals surface area contributed by atoms with Gasteiger partial charge in [-0.2, -0.15) is 0 Å². The van der Waals surface area contributed by atoms with E-state index in [4.69, 9.17) is 0 Å². The van der Waals surface area contributed by atoms with Gasteiger partial charge in [0, 0.05) is 17.8 Å². The summed E-state index contributed by atoms with van der Waals surface area (Å²) in [6.45, 7) is 6.48. The summed E-state index contributed by atoms with van der Waals surface area (Å²) in [5, 5.41) is 4.07. The Hall–Kier alpha value is -0.0500. The maximum atomic E-state index is 11.5. The van der Waals surface area contributed by atoms with Gasteiger partial charge in [-0.25, -0.2) is 0 Å². The number of halogens is 1. The summed E-state index contributed by atoms with van der Waals surface area (Å²) in [6, 6.07) is 0.316. The summed E-state index contributed by atoms with van der Waals surface area (Å²) in [7, 11) is 0. The molecule has 0 saturated carbocycles. The van der Waals surface area contributed by atoms with E-state index >= 15 is 0 Å². The van der Waals surface area contributed by atoms with Crippen molar-refractivity contribution < 1.29 is 4.79 Å². The zero-order chi connectivity index (χ0) is 11.7. The summed E-state index contributed by atoms with van der Waals surface area (Å²) in [4.78, 5) is 11.5. The Morgan fingerprint density at radius 2 is 1.87 bits per heavy atom. The number of hydrogen-bond donors (Lipinski definition) is 1. The highest BCUT2D eigenvalue weighted by Gasteiger charge is 2.15. The molecule has 0 aliphatic rings. The largest absolute Gasteiger partial charge is 0.353 e. The minimum absolute atomic E-state index is 0.204. The Morgan fingerprint density at radius 1 is 1.27 bits per heavy atom. The van der Waals surface area contributed by atoms with Gasteiger partial charge in [0.2, 0.25) is 5.91 Å². The van der Waals surface area contributed by atoms with Gasteiger partial charge in [0.05, 0.1) is 0 Å². The van der Waals surface area contributed by atoms with E-state index in [0.717, 1.165) is 31.0 Å². The minimum atomic E-state index is 0.204. The molecule has 0 radical (unpaired) electrons. The van der Waals surface area contributed by atoms with Crippen molar-refractivity contribution in [1.29, 1.82) is 0 Å². The second-order valence-corrected chi connectivity index (χ2v) is 4.87. The van der Waals surface area contributed by atoms with Crippen molar-refractivity contribution in [2.45, 2.75) is 58.9 Å². The van der Waals surface area contributed by atoms with E-state index in [1.807, 2.05) is 0 Å². The van der Waals surface area contributed by atoms with E-state index in [-0.39, 0.29) is 5.91 Å². The molecule has 0 fully saturated rings. The SMILES string of the molecule is CCC(CC)C(C)NC(=O)CCCCBr. The molecule has 1 atom stereocenters. The number of amides is 1. The van der Waals surface area contributed by atoms with Crippen LogP contribution in [-0.4, -0.2) is 17.3 Å². The van der Waals surface area contributed by atoms with Crippen LogP contribution >= 0.6 is 15.9 Å². The molecule has 0 aromatic heterocycles. The molecule has 3 heteroatoms. The fraction of sp³-hybridized carbons (Fsp3) is 0.917. The minimum Gasteiger partial charge on any atom is -0.353 e. The molecule has 0 saturated heterocycles. The Balaban J connectivity index is 3.74. The van der Waals surface area contributed by atoms with Crippen molar-refractivity contribution in [2.75, 3.05) is 5.33 Å². The van der Waals surface area contributed by atoms with Crippen LogP contribution < -0.4 is 5.32 Å². The molecule has 0 aliphatic carbocycles. The van der Waals surface area contributed by atoms with Gasteiger partial charge < -0.3 is 5.32 Å². The molecule has 1 N–H and O–H groups in total. The third-order valence-electron chi connectivity index (χ3n) is 2.93. The summed E-state index contributed by atoms with van der Waals surface area (Å²) < 4.78 is 0. The van der Waals surface area contributed by atoms with Crippen molar-refractivity contribution >= 4 is 21.8 Å². The van der Waals surface area contributed by atoms with Gasteiger partial charge in [-0.15, -0.1) is 0 Å². The van der Waals surface area contributed by atoms with Crippen molar-refractivity contribution in [3.63, 3.8) is 0 Å². The maximum absolute atomic E-state index is 11.5. The molecule has 0 rings (SSSR count). The molecule has 2 nitrogen and oxygen atoms in total. The summed E-state index contributed by atoms with van der Waals surface area (Å²) in [6.07, 6.45) is 4.99. The highest BCUT2D eigenvalue weighted by Crippen LogP contribution is 2.12. The zero-order valence-corrected chi connectivity index (χ0v) is 11.8. The predicted molar refractivity (Wildman–Crippen MR) is 69.3 cm³/mol. The van der Waals surface area contributed by atoms with E-state index in [0.29, 0.717) is 18.4 Å². The van der Waals surface area contributed by atoms with Crippen LogP contribution in [0, 0.1) is 5.92 Å². The smallest absolute Gasteiger partial charge is 0.220 e. The van der Waals surface area contributed by atoms with E-state index in [1.54, 1.807) is 0 Å². The van der Waals surface area contributed by atoms with Crippen molar-refractivity contribution in [2.24, 2.45) is 5.92 Å². The van der Waals surface area contributed by atoms with Crippen LogP contribution in [0.1, 0.15) is 52.9 Å². The first kappa shape index (κ1) is 14.9. The maximum Gasteiger partial charge on any atom is 0.220 e. The molecule has 0 aromatic carbocycles. The molecule has 0 aromatic rings. The number of carbonyl (C=O) groups is 1. The second-order valence-electron chi connectivity index (χ2n) is 4.08. The van der Waals surface area contributed by atoms with Gasteiger partial charge in [-0.3, -0.25) is 4.79 Å². The van der Waals surface area contributed by atoms with Gasteiger partial charge in [0.15, 0.2) is 0 Å². The van der Waals surface area contributed by atoms with Crippen molar-refractivity contribution in [3.05, 3.63) is 0 Å². The number of nitrogens with one attached hydrogen (secondary N) is 1. The van der Waals surface area contributed by atoms with Crippen LogP contribution in [0.2, 0.25) is 0 Å². The molecular formula is C12H24BrNO. The summed E-state index contributed by atoms with van der Waals surface area (Å²) in [5.41, 5.74) is 0. The lowest BCUT2D eigenvalue weighted by Crippen LogP contribution is -2.37. The summed E-state index contributed by atoms with van der Waals surface area (Å²) in [5.74, 6) is 0.820. The fourth-order valence-corrected chi connectivity index (χ4v) is 2.22. The van der Waals surface area contributed by atoms with Gasteiger partial charge in [0.1, 0.15) is 0 Å². The first-order valence-electron chi connectivity index (χ1n) is 6.01. The molecule has 0 bridgehead atoms. The molecule has 0 spiro atoms. The number of hydrogen-bond acceptors (Lipinski definition) is 1. The first-order valence-corrected chi connectivity index (χ1v) is 7.13.